The zero-order chi connectivity index (χ0) is 24.5. The van der Waals surface area contributed by atoms with Gasteiger partial charge >= 0.3 is 5.97 Å². The number of carbonyl (C=O) groups is 1. The molecular weight excluding hydrogens is 444 g/mol. The van der Waals surface area contributed by atoms with Crippen LogP contribution in [0.4, 0.5) is 0 Å². The molecule has 0 N–H and O–H groups in total. The summed E-state index contributed by atoms with van der Waals surface area (Å²) in [5.74, 6) is 1.28. The van der Waals surface area contributed by atoms with E-state index in [1.165, 1.54) is 0 Å². The Morgan fingerprint density at radius 2 is 1.60 bits per heavy atom. The summed E-state index contributed by atoms with van der Waals surface area (Å²) in [4.78, 5) is 11.7. The molecule has 0 aromatic heterocycles. The van der Waals surface area contributed by atoms with Gasteiger partial charge in [-0.25, -0.2) is 4.79 Å². The fraction of sp³-hybridized carbons (Fsp3) is 0.345. The Labute approximate surface area is 206 Å². The topological polar surface area (TPSA) is 63.2 Å². The lowest BCUT2D eigenvalue weighted by Gasteiger charge is -2.41. The molecule has 184 valence electrons. The quantitative estimate of drug-likeness (QED) is 0.321. The molecular formula is C29H32O6. The van der Waals surface area contributed by atoms with Crippen LogP contribution in [0.25, 0.3) is 11.1 Å². The highest BCUT2D eigenvalue weighted by Crippen LogP contribution is 2.35. The Kier molecular flexibility index (Phi) is 8.40. The zero-order valence-electron chi connectivity index (χ0n) is 20.3. The van der Waals surface area contributed by atoms with Gasteiger partial charge in [-0.2, -0.15) is 0 Å². The first kappa shape index (κ1) is 24.8. The van der Waals surface area contributed by atoms with Gasteiger partial charge in [0.1, 0.15) is 30.3 Å². The van der Waals surface area contributed by atoms with Crippen molar-refractivity contribution in [3.05, 3.63) is 83.9 Å². The van der Waals surface area contributed by atoms with Crippen LogP contribution < -0.4 is 9.47 Å². The molecule has 0 aliphatic carbocycles. The maximum absolute atomic E-state index is 11.7. The van der Waals surface area contributed by atoms with Gasteiger partial charge in [-0.05, 0) is 65.9 Å². The van der Waals surface area contributed by atoms with Gasteiger partial charge in [0.05, 0.1) is 26.4 Å². The molecule has 3 aromatic rings. The highest BCUT2D eigenvalue weighted by molar-refractivity contribution is 5.70. The zero-order valence-corrected chi connectivity index (χ0v) is 20.3. The van der Waals surface area contributed by atoms with Gasteiger partial charge in [-0.3, -0.25) is 0 Å². The van der Waals surface area contributed by atoms with Gasteiger partial charge in [0.15, 0.2) is 0 Å². The molecule has 0 spiro atoms. The molecule has 0 bridgehead atoms. The van der Waals surface area contributed by atoms with Crippen LogP contribution in [0.1, 0.15) is 31.4 Å². The molecule has 1 aliphatic rings. The molecule has 6 heteroatoms. The lowest BCUT2D eigenvalue weighted by molar-refractivity contribution is -0.221. The average Bonchev–Trinajstić information content (AvgIpc) is 2.87. The maximum atomic E-state index is 11.7. The molecule has 0 radical (unpaired) electrons. The second-order valence-electron chi connectivity index (χ2n) is 8.47. The van der Waals surface area contributed by atoms with Gasteiger partial charge in [0.2, 0.25) is 0 Å². The van der Waals surface area contributed by atoms with Gasteiger partial charge < -0.3 is 23.7 Å². The second-order valence-corrected chi connectivity index (χ2v) is 8.47. The maximum Gasteiger partial charge on any atom is 0.332 e. The summed E-state index contributed by atoms with van der Waals surface area (Å²) in [5.41, 5.74) is 3.69. The monoisotopic (exact) mass is 476 g/mol. The smallest absolute Gasteiger partial charge is 0.332 e. The van der Waals surface area contributed by atoms with E-state index in [9.17, 15) is 4.79 Å². The predicted molar refractivity (Wildman–Crippen MR) is 134 cm³/mol. The summed E-state index contributed by atoms with van der Waals surface area (Å²) in [6.45, 7) is 6.10. The molecule has 6 nitrogen and oxygen atoms in total. The largest absolute Gasteiger partial charge is 0.494 e. The molecule has 4 rings (SSSR count). The first-order valence-electron chi connectivity index (χ1n) is 12.0. The van der Waals surface area contributed by atoms with Crippen LogP contribution in [-0.2, 0) is 31.2 Å². The third kappa shape index (κ3) is 6.41. The van der Waals surface area contributed by atoms with Crippen molar-refractivity contribution < 1.29 is 28.5 Å². The van der Waals surface area contributed by atoms with E-state index in [1.54, 1.807) is 6.92 Å². The molecule has 1 fully saturated rings. The Morgan fingerprint density at radius 1 is 0.886 bits per heavy atom. The number of esters is 1. The summed E-state index contributed by atoms with van der Waals surface area (Å²) in [6.07, 6.45) is 0.991. The van der Waals surface area contributed by atoms with E-state index < -0.39 is 5.60 Å². The van der Waals surface area contributed by atoms with Gasteiger partial charge in [-0.1, -0.05) is 49.4 Å². The molecule has 1 saturated heterocycles. The van der Waals surface area contributed by atoms with Crippen LogP contribution in [0.3, 0.4) is 0 Å². The number of hydrogen-bond acceptors (Lipinski definition) is 6. The van der Waals surface area contributed by atoms with Gasteiger partial charge in [0.25, 0.3) is 0 Å². The number of hydrogen-bond donors (Lipinski definition) is 0. The summed E-state index contributed by atoms with van der Waals surface area (Å²) in [7, 11) is 0. The van der Waals surface area contributed by atoms with Crippen molar-refractivity contribution >= 4 is 5.97 Å². The molecule has 1 aliphatic heterocycles. The lowest BCUT2D eigenvalue weighted by Crippen LogP contribution is -2.49. The van der Waals surface area contributed by atoms with E-state index in [2.05, 4.69) is 37.3 Å². The molecule has 0 saturated carbocycles. The van der Waals surface area contributed by atoms with Crippen LogP contribution >= 0.6 is 0 Å². The summed E-state index contributed by atoms with van der Waals surface area (Å²) < 4.78 is 27.9. The summed E-state index contributed by atoms with van der Waals surface area (Å²) >= 11 is 0. The van der Waals surface area contributed by atoms with E-state index in [0.29, 0.717) is 26.4 Å². The normalized spacial score (nSPS) is 14.1. The Balaban J connectivity index is 1.35. The minimum atomic E-state index is -0.614. The number of ether oxygens (including phenoxy) is 5. The standard InChI is InChI=1S/C29H32O6/c1-3-16-33-26-12-8-23(9-13-26)24-7-5-6-22(17-24)18-34-27-14-10-25(11-15-27)29(20-31-21-29)35-19-28(30)32-4-2/h5-15,17H,3-4,16,18-21H2,1-2H3. The van der Waals surface area contributed by atoms with Crippen LogP contribution in [0.15, 0.2) is 72.8 Å². The van der Waals surface area contributed by atoms with Crippen molar-refractivity contribution in [3.8, 4) is 22.6 Å². The SMILES string of the molecule is CCCOc1ccc(-c2cccc(COc3ccc(C4(OCC(=O)OCC)COC4)cc3)c2)cc1. The summed E-state index contributed by atoms with van der Waals surface area (Å²) in [5, 5.41) is 0. The minimum absolute atomic E-state index is 0.0969. The van der Waals surface area contributed by atoms with E-state index in [1.807, 2.05) is 42.5 Å². The Bertz CT molecular complexity index is 1090. The van der Waals surface area contributed by atoms with Crippen LogP contribution in [0.5, 0.6) is 11.5 Å². The van der Waals surface area contributed by atoms with Crippen LogP contribution in [0, 0.1) is 0 Å². The van der Waals surface area contributed by atoms with Crippen molar-refractivity contribution in [1.29, 1.82) is 0 Å². The highest BCUT2D eigenvalue weighted by Gasteiger charge is 2.42. The minimum Gasteiger partial charge on any atom is -0.494 e. The number of rotatable bonds is 12. The van der Waals surface area contributed by atoms with Crippen LogP contribution in [0.2, 0.25) is 0 Å². The lowest BCUT2D eigenvalue weighted by atomic mass is 9.91. The molecule has 3 aromatic carbocycles. The molecule has 0 unspecified atom stereocenters. The Hall–Kier alpha value is -3.35. The van der Waals surface area contributed by atoms with Crippen molar-refractivity contribution in [2.75, 3.05) is 33.0 Å². The molecule has 0 atom stereocenters. The van der Waals surface area contributed by atoms with Gasteiger partial charge in [-0.15, -0.1) is 0 Å². The van der Waals surface area contributed by atoms with Crippen molar-refractivity contribution in [2.24, 2.45) is 0 Å². The Morgan fingerprint density at radius 3 is 2.26 bits per heavy atom. The fourth-order valence-electron chi connectivity index (χ4n) is 3.85. The van der Waals surface area contributed by atoms with Crippen LogP contribution in [-0.4, -0.2) is 39.0 Å². The van der Waals surface area contributed by atoms with E-state index in [0.717, 1.165) is 46.8 Å². The van der Waals surface area contributed by atoms with Crippen molar-refractivity contribution in [2.45, 2.75) is 32.5 Å². The molecule has 35 heavy (non-hydrogen) atoms. The third-order valence-corrected chi connectivity index (χ3v) is 5.82. The summed E-state index contributed by atoms with van der Waals surface area (Å²) in [6, 6.07) is 24.3. The first-order chi connectivity index (χ1) is 17.1. The predicted octanol–water partition coefficient (Wildman–Crippen LogP) is 5.53. The van der Waals surface area contributed by atoms with E-state index in [-0.39, 0.29) is 12.6 Å². The van der Waals surface area contributed by atoms with Crippen molar-refractivity contribution in [1.82, 2.24) is 0 Å². The first-order valence-corrected chi connectivity index (χ1v) is 12.0. The average molecular weight is 477 g/mol. The third-order valence-electron chi connectivity index (χ3n) is 5.82. The second kappa shape index (κ2) is 11.9. The van der Waals surface area contributed by atoms with E-state index >= 15 is 0 Å². The molecule has 1 heterocycles. The number of carbonyl (C=O) groups excluding carboxylic acids is 1. The van der Waals surface area contributed by atoms with Gasteiger partial charge in [0, 0.05) is 0 Å². The molecule has 0 amide bonds. The van der Waals surface area contributed by atoms with E-state index in [4.69, 9.17) is 23.7 Å². The highest BCUT2D eigenvalue weighted by atomic mass is 16.6. The number of benzene rings is 3. The van der Waals surface area contributed by atoms with Crippen molar-refractivity contribution in [3.63, 3.8) is 0 Å². The fourth-order valence-corrected chi connectivity index (χ4v) is 3.85.